The van der Waals surface area contributed by atoms with E-state index in [1.54, 1.807) is 13.0 Å². The van der Waals surface area contributed by atoms with Crippen LogP contribution in [-0.2, 0) is 9.53 Å². The molecule has 22 heavy (non-hydrogen) atoms. The number of aliphatic hydroxyl groups is 1. The summed E-state index contributed by atoms with van der Waals surface area (Å²) >= 11 is 0. The summed E-state index contributed by atoms with van der Waals surface area (Å²) in [7, 11) is 1.44. The number of allylic oxidation sites excluding steroid dienone is 5. The number of aliphatic hydroxyl groups excluding tert-OH is 1. The summed E-state index contributed by atoms with van der Waals surface area (Å²) < 4.78 is 4.61. The fraction of sp³-hybridized carbons (Fsp3) is 0.632. The molecule has 0 rings (SSSR count). The topological polar surface area (TPSA) is 46.5 Å². The van der Waals surface area contributed by atoms with E-state index in [9.17, 15) is 4.79 Å². The molecule has 0 spiro atoms. The Kier molecular flexibility index (Phi) is 15.0. The second kappa shape index (κ2) is 16.0. The molecule has 0 aromatic rings. The molecule has 0 aliphatic rings. The Morgan fingerprint density at radius 3 is 2.23 bits per heavy atom. The summed E-state index contributed by atoms with van der Waals surface area (Å²) in [5.74, 6) is -0.0997. The van der Waals surface area contributed by atoms with Gasteiger partial charge in [0.25, 0.3) is 0 Å². The second-order valence-electron chi connectivity index (χ2n) is 5.47. The van der Waals surface area contributed by atoms with Crippen LogP contribution >= 0.6 is 0 Å². The fourth-order valence-corrected chi connectivity index (χ4v) is 2.00. The summed E-state index contributed by atoms with van der Waals surface area (Å²) in [5.41, 5.74) is 0. The first kappa shape index (κ1) is 20.6. The summed E-state index contributed by atoms with van der Waals surface area (Å²) in [4.78, 5) is 10.9. The van der Waals surface area contributed by atoms with Crippen LogP contribution in [0.25, 0.3) is 0 Å². The van der Waals surface area contributed by atoms with Crippen LogP contribution in [-0.4, -0.2) is 24.3 Å². The molecule has 3 nitrogen and oxygen atoms in total. The first-order valence-corrected chi connectivity index (χ1v) is 8.38. The van der Waals surface area contributed by atoms with Gasteiger partial charge >= 0.3 is 5.97 Å². The van der Waals surface area contributed by atoms with E-state index in [0.29, 0.717) is 6.42 Å². The molecule has 126 valence electrons. The van der Waals surface area contributed by atoms with Gasteiger partial charge in [-0.25, -0.2) is 0 Å². The van der Waals surface area contributed by atoms with Crippen LogP contribution in [0.5, 0.6) is 0 Å². The van der Waals surface area contributed by atoms with E-state index in [2.05, 4.69) is 29.0 Å². The van der Waals surface area contributed by atoms with Crippen molar-refractivity contribution in [2.75, 3.05) is 7.11 Å². The Bertz CT molecular complexity index is 341. The summed E-state index contributed by atoms with van der Waals surface area (Å²) in [6.07, 6.45) is 21.4. The van der Waals surface area contributed by atoms with Gasteiger partial charge in [0.1, 0.15) is 0 Å². The SMILES string of the molecule is COC(=O)CCCCCCC/C=C\C/C=C\C/C=C\[C@@H](C)O. The highest BCUT2D eigenvalue weighted by atomic mass is 16.5. The van der Waals surface area contributed by atoms with Crippen LogP contribution in [0.2, 0.25) is 0 Å². The summed E-state index contributed by atoms with van der Waals surface area (Å²) in [6, 6.07) is 0. The lowest BCUT2D eigenvalue weighted by molar-refractivity contribution is -0.140. The van der Waals surface area contributed by atoms with Crippen molar-refractivity contribution in [2.45, 2.75) is 70.8 Å². The Morgan fingerprint density at radius 2 is 1.55 bits per heavy atom. The van der Waals surface area contributed by atoms with Gasteiger partial charge in [0.05, 0.1) is 13.2 Å². The third-order valence-electron chi connectivity index (χ3n) is 3.27. The fourth-order valence-electron chi connectivity index (χ4n) is 2.00. The van der Waals surface area contributed by atoms with Crippen molar-refractivity contribution in [3.63, 3.8) is 0 Å². The third-order valence-corrected chi connectivity index (χ3v) is 3.27. The first-order chi connectivity index (χ1) is 10.7. The molecule has 1 atom stereocenters. The van der Waals surface area contributed by atoms with E-state index in [0.717, 1.165) is 32.1 Å². The zero-order valence-electron chi connectivity index (χ0n) is 14.2. The zero-order valence-corrected chi connectivity index (χ0v) is 14.2. The van der Waals surface area contributed by atoms with Crippen molar-refractivity contribution in [3.05, 3.63) is 36.5 Å². The number of carbonyl (C=O) groups is 1. The van der Waals surface area contributed by atoms with E-state index >= 15 is 0 Å². The maximum atomic E-state index is 10.9. The monoisotopic (exact) mass is 308 g/mol. The lowest BCUT2D eigenvalue weighted by atomic mass is 10.1. The predicted octanol–water partition coefficient (Wildman–Crippen LogP) is 4.72. The van der Waals surface area contributed by atoms with Gasteiger partial charge in [0.15, 0.2) is 0 Å². The molecule has 0 radical (unpaired) electrons. The van der Waals surface area contributed by atoms with E-state index in [1.807, 2.05) is 6.08 Å². The molecule has 0 aliphatic carbocycles. The molecular weight excluding hydrogens is 276 g/mol. The number of methoxy groups -OCH3 is 1. The molecule has 0 saturated heterocycles. The Labute approximate surface area is 135 Å². The van der Waals surface area contributed by atoms with Crippen LogP contribution in [0.3, 0.4) is 0 Å². The number of unbranched alkanes of at least 4 members (excludes halogenated alkanes) is 5. The van der Waals surface area contributed by atoms with Gasteiger partial charge in [0, 0.05) is 6.42 Å². The minimum absolute atomic E-state index is 0.0997. The van der Waals surface area contributed by atoms with Gasteiger partial charge in [-0.05, 0) is 39.0 Å². The normalized spacial score (nSPS) is 13.4. The molecule has 0 fully saturated rings. The molecule has 0 aromatic heterocycles. The lowest BCUT2D eigenvalue weighted by Gasteiger charge is -1.99. The van der Waals surface area contributed by atoms with Crippen molar-refractivity contribution in [2.24, 2.45) is 0 Å². The molecule has 0 amide bonds. The minimum Gasteiger partial charge on any atom is -0.469 e. The van der Waals surface area contributed by atoms with Crippen molar-refractivity contribution >= 4 is 5.97 Å². The molecule has 0 unspecified atom stereocenters. The molecule has 1 N–H and O–H groups in total. The average molecular weight is 308 g/mol. The minimum atomic E-state index is -0.353. The molecule has 0 heterocycles. The van der Waals surface area contributed by atoms with Crippen LogP contribution in [0.4, 0.5) is 0 Å². The third kappa shape index (κ3) is 16.7. The summed E-state index contributed by atoms with van der Waals surface area (Å²) in [5, 5.41) is 9.04. The van der Waals surface area contributed by atoms with Crippen molar-refractivity contribution in [1.82, 2.24) is 0 Å². The molecule has 0 aromatic carbocycles. The van der Waals surface area contributed by atoms with Crippen molar-refractivity contribution in [3.8, 4) is 0 Å². The Morgan fingerprint density at radius 1 is 0.955 bits per heavy atom. The molecule has 3 heteroatoms. The number of hydrogen-bond donors (Lipinski definition) is 1. The van der Waals surface area contributed by atoms with Gasteiger partial charge < -0.3 is 9.84 Å². The predicted molar refractivity (Wildman–Crippen MR) is 92.7 cm³/mol. The van der Waals surface area contributed by atoms with Crippen molar-refractivity contribution < 1.29 is 14.6 Å². The summed E-state index contributed by atoms with van der Waals surface area (Å²) in [6.45, 7) is 1.75. The van der Waals surface area contributed by atoms with Crippen LogP contribution in [0, 0.1) is 0 Å². The number of hydrogen-bond acceptors (Lipinski definition) is 3. The number of rotatable bonds is 13. The van der Waals surface area contributed by atoms with Crippen LogP contribution in [0.1, 0.15) is 64.7 Å². The van der Waals surface area contributed by atoms with Gasteiger partial charge in [0.2, 0.25) is 0 Å². The van der Waals surface area contributed by atoms with E-state index in [1.165, 1.54) is 26.4 Å². The molecule has 0 bridgehead atoms. The number of carbonyl (C=O) groups excluding carboxylic acids is 1. The first-order valence-electron chi connectivity index (χ1n) is 8.38. The maximum Gasteiger partial charge on any atom is 0.305 e. The smallest absolute Gasteiger partial charge is 0.305 e. The standard InChI is InChI=1S/C19H32O3/c1-18(20)16-14-12-10-8-6-4-3-5-7-9-11-13-15-17-19(21)22-2/h3-4,8,10,14,16,18,20H,5-7,9,11-13,15,17H2,1-2H3/b4-3-,10-8-,16-14-/t18-/m1/s1. The van der Waals surface area contributed by atoms with Gasteiger partial charge in [-0.1, -0.05) is 55.7 Å². The number of esters is 1. The van der Waals surface area contributed by atoms with Gasteiger partial charge in [-0.3, -0.25) is 4.79 Å². The number of ether oxygens (including phenoxy) is 1. The Hall–Kier alpha value is -1.35. The molecule has 0 saturated carbocycles. The van der Waals surface area contributed by atoms with E-state index in [-0.39, 0.29) is 12.1 Å². The largest absolute Gasteiger partial charge is 0.469 e. The highest BCUT2D eigenvalue weighted by molar-refractivity contribution is 5.68. The zero-order chi connectivity index (χ0) is 16.5. The highest BCUT2D eigenvalue weighted by Crippen LogP contribution is 2.08. The molecular formula is C19H32O3. The highest BCUT2D eigenvalue weighted by Gasteiger charge is 1.98. The van der Waals surface area contributed by atoms with Crippen LogP contribution < -0.4 is 0 Å². The maximum absolute atomic E-state index is 10.9. The van der Waals surface area contributed by atoms with E-state index in [4.69, 9.17) is 5.11 Å². The quantitative estimate of drug-likeness (QED) is 0.304. The van der Waals surface area contributed by atoms with E-state index < -0.39 is 0 Å². The van der Waals surface area contributed by atoms with Gasteiger partial charge in [-0.2, -0.15) is 0 Å². The average Bonchev–Trinajstić information content (AvgIpc) is 2.50. The molecule has 0 aliphatic heterocycles. The van der Waals surface area contributed by atoms with Crippen LogP contribution in [0.15, 0.2) is 36.5 Å². The lowest BCUT2D eigenvalue weighted by Crippen LogP contribution is -1.98. The second-order valence-corrected chi connectivity index (χ2v) is 5.47. The Balaban J connectivity index is 3.30. The van der Waals surface area contributed by atoms with Crippen molar-refractivity contribution in [1.29, 1.82) is 0 Å². The van der Waals surface area contributed by atoms with Gasteiger partial charge in [-0.15, -0.1) is 0 Å².